The van der Waals surface area contributed by atoms with Gasteiger partial charge in [-0.25, -0.2) is 0 Å². The smallest absolute Gasteiger partial charge is 0.251 e. The first kappa shape index (κ1) is 16.2. The van der Waals surface area contributed by atoms with Crippen LogP contribution in [-0.4, -0.2) is 25.0 Å². The van der Waals surface area contributed by atoms with Crippen LogP contribution in [0.5, 0.6) is 0 Å². The number of nitrogens with zero attached hydrogens (tertiary/aromatic N) is 2. The molecule has 2 aromatic heterocycles. The highest BCUT2D eigenvalue weighted by Crippen LogP contribution is 2.23. The molecule has 0 saturated carbocycles. The van der Waals surface area contributed by atoms with E-state index >= 15 is 0 Å². The predicted octanol–water partition coefficient (Wildman–Crippen LogP) is 3.81. The van der Waals surface area contributed by atoms with Gasteiger partial charge in [0.2, 0.25) is 0 Å². The summed E-state index contributed by atoms with van der Waals surface area (Å²) in [5.74, 6) is -0.0829. The Kier molecular flexibility index (Phi) is 4.91. The number of thiophene rings is 1. The van der Waals surface area contributed by atoms with Crippen LogP contribution in [0.2, 0.25) is 0 Å². The summed E-state index contributed by atoms with van der Waals surface area (Å²) in [6.07, 6.45) is 1.78. The van der Waals surface area contributed by atoms with Crippen molar-refractivity contribution < 1.29 is 4.79 Å². The van der Waals surface area contributed by atoms with Gasteiger partial charge in [0.25, 0.3) is 5.91 Å². The monoisotopic (exact) mass is 337 g/mol. The lowest BCUT2D eigenvalue weighted by molar-refractivity contribution is 0.0951. The Bertz CT molecular complexity index is 811. The standard InChI is InChI=1S/C19H19N3OS/c1-22(2)17-7-5-14(6-8-17)19(23)21-12-15-4-3-10-20-18(15)16-9-11-24-13-16/h3-11,13H,12H2,1-2H3,(H,21,23). The second-order valence-electron chi connectivity index (χ2n) is 5.65. The van der Waals surface area contributed by atoms with E-state index in [1.165, 1.54) is 0 Å². The number of rotatable bonds is 5. The molecule has 0 spiro atoms. The Morgan fingerprint density at radius 2 is 1.96 bits per heavy atom. The molecule has 3 aromatic rings. The zero-order chi connectivity index (χ0) is 16.9. The van der Waals surface area contributed by atoms with Crippen LogP contribution in [0.25, 0.3) is 11.3 Å². The molecule has 24 heavy (non-hydrogen) atoms. The lowest BCUT2D eigenvalue weighted by atomic mass is 10.1. The summed E-state index contributed by atoms with van der Waals surface area (Å²) in [7, 11) is 3.95. The van der Waals surface area contributed by atoms with Crippen LogP contribution in [0.4, 0.5) is 5.69 Å². The third-order valence-electron chi connectivity index (χ3n) is 3.77. The maximum Gasteiger partial charge on any atom is 0.251 e. The minimum absolute atomic E-state index is 0.0829. The molecular weight excluding hydrogens is 318 g/mol. The number of carbonyl (C=O) groups excluding carboxylic acids is 1. The van der Waals surface area contributed by atoms with Gasteiger partial charge < -0.3 is 10.2 Å². The Balaban J connectivity index is 1.71. The fourth-order valence-corrected chi connectivity index (χ4v) is 3.07. The van der Waals surface area contributed by atoms with E-state index < -0.39 is 0 Å². The average Bonchev–Trinajstić information content (AvgIpc) is 3.14. The summed E-state index contributed by atoms with van der Waals surface area (Å²) in [5.41, 5.74) is 4.73. The lowest BCUT2D eigenvalue weighted by Crippen LogP contribution is -2.23. The summed E-state index contributed by atoms with van der Waals surface area (Å²) in [5, 5.41) is 7.07. The molecule has 0 atom stereocenters. The first-order valence-corrected chi connectivity index (χ1v) is 8.61. The maximum absolute atomic E-state index is 12.4. The lowest BCUT2D eigenvalue weighted by Gasteiger charge is -2.13. The van der Waals surface area contributed by atoms with Crippen molar-refractivity contribution in [2.24, 2.45) is 0 Å². The highest BCUT2D eigenvalue weighted by molar-refractivity contribution is 7.08. The van der Waals surface area contributed by atoms with E-state index in [9.17, 15) is 4.79 Å². The zero-order valence-corrected chi connectivity index (χ0v) is 14.5. The van der Waals surface area contributed by atoms with Crippen LogP contribution >= 0.6 is 11.3 Å². The van der Waals surface area contributed by atoms with Gasteiger partial charge in [0.1, 0.15) is 0 Å². The molecule has 0 aliphatic rings. The van der Waals surface area contributed by atoms with Crippen molar-refractivity contribution >= 4 is 22.9 Å². The number of amides is 1. The Hall–Kier alpha value is -2.66. The van der Waals surface area contributed by atoms with Gasteiger partial charge >= 0.3 is 0 Å². The highest BCUT2D eigenvalue weighted by Gasteiger charge is 2.10. The molecule has 3 rings (SSSR count). The third-order valence-corrected chi connectivity index (χ3v) is 4.45. The fraction of sp³-hybridized carbons (Fsp3) is 0.158. The molecular formula is C19H19N3OS. The summed E-state index contributed by atoms with van der Waals surface area (Å²) >= 11 is 1.64. The number of hydrogen-bond acceptors (Lipinski definition) is 4. The quantitative estimate of drug-likeness (QED) is 0.770. The molecule has 0 bridgehead atoms. The Morgan fingerprint density at radius 1 is 1.17 bits per heavy atom. The van der Waals surface area contributed by atoms with Gasteiger partial charge in [0, 0.05) is 49.0 Å². The van der Waals surface area contributed by atoms with E-state index in [-0.39, 0.29) is 5.91 Å². The number of hydrogen-bond donors (Lipinski definition) is 1. The van der Waals surface area contributed by atoms with Gasteiger partial charge in [-0.1, -0.05) is 6.07 Å². The van der Waals surface area contributed by atoms with Crippen molar-refractivity contribution in [3.63, 3.8) is 0 Å². The first-order valence-electron chi connectivity index (χ1n) is 7.67. The van der Waals surface area contributed by atoms with E-state index in [0.717, 1.165) is 22.5 Å². The molecule has 0 aliphatic carbocycles. The SMILES string of the molecule is CN(C)c1ccc(C(=O)NCc2cccnc2-c2ccsc2)cc1. The van der Waals surface area contributed by atoms with Crippen molar-refractivity contribution in [1.82, 2.24) is 10.3 Å². The molecule has 2 heterocycles. The zero-order valence-electron chi connectivity index (χ0n) is 13.7. The molecule has 122 valence electrons. The molecule has 0 unspecified atom stereocenters. The topological polar surface area (TPSA) is 45.2 Å². The summed E-state index contributed by atoms with van der Waals surface area (Å²) < 4.78 is 0. The van der Waals surface area contributed by atoms with Gasteiger partial charge in [0.05, 0.1) is 5.69 Å². The highest BCUT2D eigenvalue weighted by atomic mass is 32.1. The van der Waals surface area contributed by atoms with Crippen molar-refractivity contribution in [2.45, 2.75) is 6.54 Å². The summed E-state index contributed by atoms with van der Waals surface area (Å²) in [6.45, 7) is 0.452. The van der Waals surface area contributed by atoms with Crippen molar-refractivity contribution in [3.8, 4) is 11.3 Å². The minimum atomic E-state index is -0.0829. The first-order chi connectivity index (χ1) is 11.6. The molecule has 0 aliphatic heterocycles. The van der Waals surface area contributed by atoms with Crippen LogP contribution in [0.3, 0.4) is 0 Å². The number of nitrogens with one attached hydrogen (secondary N) is 1. The average molecular weight is 337 g/mol. The Morgan fingerprint density at radius 3 is 2.62 bits per heavy atom. The van der Waals surface area contributed by atoms with Gasteiger partial charge in [-0.05, 0) is 47.3 Å². The maximum atomic E-state index is 12.4. The number of aromatic nitrogens is 1. The van der Waals surface area contributed by atoms with E-state index in [1.807, 2.05) is 66.8 Å². The molecule has 1 amide bonds. The summed E-state index contributed by atoms with van der Waals surface area (Å²) in [4.78, 5) is 18.8. The van der Waals surface area contributed by atoms with Crippen LogP contribution < -0.4 is 10.2 Å². The molecule has 0 fully saturated rings. The largest absolute Gasteiger partial charge is 0.378 e. The molecule has 1 N–H and O–H groups in total. The van der Waals surface area contributed by atoms with Gasteiger partial charge in [-0.3, -0.25) is 9.78 Å². The van der Waals surface area contributed by atoms with Crippen LogP contribution in [0.1, 0.15) is 15.9 Å². The van der Waals surface area contributed by atoms with Gasteiger partial charge in [-0.2, -0.15) is 11.3 Å². The minimum Gasteiger partial charge on any atom is -0.378 e. The number of benzene rings is 1. The summed E-state index contributed by atoms with van der Waals surface area (Å²) in [6, 6.07) is 13.5. The van der Waals surface area contributed by atoms with E-state index in [1.54, 1.807) is 17.5 Å². The van der Waals surface area contributed by atoms with Gasteiger partial charge in [0.15, 0.2) is 0 Å². The van der Waals surface area contributed by atoms with Crippen molar-refractivity contribution in [3.05, 3.63) is 70.5 Å². The predicted molar refractivity (Wildman–Crippen MR) is 99.5 cm³/mol. The fourth-order valence-electron chi connectivity index (χ4n) is 2.43. The second-order valence-corrected chi connectivity index (χ2v) is 6.43. The molecule has 4 nitrogen and oxygen atoms in total. The molecule has 5 heteroatoms. The van der Waals surface area contributed by atoms with E-state index in [4.69, 9.17) is 0 Å². The number of anilines is 1. The second kappa shape index (κ2) is 7.27. The molecule has 0 radical (unpaired) electrons. The van der Waals surface area contributed by atoms with Crippen molar-refractivity contribution in [2.75, 3.05) is 19.0 Å². The number of pyridine rings is 1. The molecule has 1 aromatic carbocycles. The van der Waals surface area contributed by atoms with Crippen LogP contribution in [0.15, 0.2) is 59.4 Å². The van der Waals surface area contributed by atoms with Crippen LogP contribution in [0, 0.1) is 0 Å². The third kappa shape index (κ3) is 3.63. The number of carbonyl (C=O) groups is 1. The van der Waals surface area contributed by atoms with Crippen LogP contribution in [-0.2, 0) is 6.54 Å². The van der Waals surface area contributed by atoms with E-state index in [2.05, 4.69) is 15.7 Å². The van der Waals surface area contributed by atoms with Gasteiger partial charge in [-0.15, -0.1) is 0 Å². The normalized spacial score (nSPS) is 10.4. The van der Waals surface area contributed by atoms with E-state index in [0.29, 0.717) is 12.1 Å². The molecule has 0 saturated heterocycles. The van der Waals surface area contributed by atoms with Crippen molar-refractivity contribution in [1.29, 1.82) is 0 Å². The Labute approximate surface area is 145 Å².